The molecule has 1 aromatic rings. The molecule has 0 bridgehead atoms. The molecule has 104 valence electrons. The number of rotatable bonds is 3. The number of hydrogen-bond donors (Lipinski definition) is 1. The van der Waals surface area contributed by atoms with Gasteiger partial charge in [-0.05, 0) is 25.5 Å². The minimum Gasteiger partial charge on any atom is -0.311 e. The first kappa shape index (κ1) is 14.2. The molecule has 2 atom stereocenters. The highest BCUT2D eigenvalue weighted by molar-refractivity contribution is 6.31. The van der Waals surface area contributed by atoms with Crippen molar-refractivity contribution < 1.29 is 4.92 Å². The summed E-state index contributed by atoms with van der Waals surface area (Å²) >= 11 is 6.14. The molecule has 1 fully saturated rings. The van der Waals surface area contributed by atoms with Crippen LogP contribution in [-0.4, -0.2) is 35.0 Å². The molecule has 0 saturated carbocycles. The smallest absolute Gasteiger partial charge is 0.269 e. The number of halogens is 1. The number of nitrogens with one attached hydrogen (secondary N) is 1. The molecule has 6 heteroatoms. The summed E-state index contributed by atoms with van der Waals surface area (Å²) < 4.78 is 0. The van der Waals surface area contributed by atoms with Gasteiger partial charge in [-0.2, -0.15) is 0 Å². The van der Waals surface area contributed by atoms with Crippen molar-refractivity contribution in [1.29, 1.82) is 0 Å². The second kappa shape index (κ2) is 5.86. The van der Waals surface area contributed by atoms with E-state index in [4.69, 9.17) is 11.6 Å². The zero-order valence-corrected chi connectivity index (χ0v) is 11.9. The largest absolute Gasteiger partial charge is 0.311 e. The van der Waals surface area contributed by atoms with Gasteiger partial charge in [0.05, 0.1) is 4.92 Å². The van der Waals surface area contributed by atoms with Crippen molar-refractivity contribution in [3.05, 3.63) is 38.9 Å². The Morgan fingerprint density at radius 2 is 2.26 bits per heavy atom. The zero-order valence-electron chi connectivity index (χ0n) is 11.1. The van der Waals surface area contributed by atoms with Crippen LogP contribution < -0.4 is 5.32 Å². The maximum absolute atomic E-state index is 10.8. The average molecular weight is 284 g/mol. The fourth-order valence-corrected chi connectivity index (χ4v) is 2.51. The van der Waals surface area contributed by atoms with Gasteiger partial charge >= 0.3 is 0 Å². The maximum atomic E-state index is 10.8. The number of non-ortho nitro benzene ring substituents is 1. The van der Waals surface area contributed by atoms with Gasteiger partial charge in [-0.1, -0.05) is 11.6 Å². The first-order valence-electron chi connectivity index (χ1n) is 6.37. The minimum absolute atomic E-state index is 0.0928. The van der Waals surface area contributed by atoms with Gasteiger partial charge in [0, 0.05) is 48.9 Å². The molecule has 1 saturated heterocycles. The molecule has 1 aliphatic heterocycles. The van der Waals surface area contributed by atoms with Crippen LogP contribution in [0, 0.1) is 10.1 Å². The van der Waals surface area contributed by atoms with Gasteiger partial charge < -0.3 is 5.32 Å². The van der Waals surface area contributed by atoms with Crippen molar-refractivity contribution in [1.82, 2.24) is 10.2 Å². The minimum atomic E-state index is -0.385. The van der Waals surface area contributed by atoms with E-state index < -0.39 is 0 Å². The summed E-state index contributed by atoms with van der Waals surface area (Å²) in [5.41, 5.74) is 0.909. The molecule has 5 nitrogen and oxygen atoms in total. The Morgan fingerprint density at radius 1 is 1.53 bits per heavy atom. The van der Waals surface area contributed by atoms with Gasteiger partial charge in [0.15, 0.2) is 0 Å². The Kier molecular flexibility index (Phi) is 4.39. The van der Waals surface area contributed by atoms with E-state index in [1.165, 1.54) is 6.07 Å². The van der Waals surface area contributed by atoms with E-state index in [0.717, 1.165) is 18.7 Å². The number of nitro groups is 1. The highest BCUT2D eigenvalue weighted by atomic mass is 35.5. The summed E-state index contributed by atoms with van der Waals surface area (Å²) in [6.45, 7) is 6.76. The van der Waals surface area contributed by atoms with Crippen molar-refractivity contribution >= 4 is 17.3 Å². The number of hydrogen-bond acceptors (Lipinski definition) is 4. The molecule has 1 heterocycles. The number of nitro benzene ring substituents is 1. The van der Waals surface area contributed by atoms with Gasteiger partial charge in [0.1, 0.15) is 0 Å². The lowest BCUT2D eigenvalue weighted by molar-refractivity contribution is -0.384. The Balaban J connectivity index is 2.17. The third kappa shape index (κ3) is 3.43. The van der Waals surface area contributed by atoms with Gasteiger partial charge in [-0.15, -0.1) is 0 Å². The van der Waals surface area contributed by atoms with Crippen molar-refractivity contribution in [2.45, 2.75) is 32.5 Å². The lowest BCUT2D eigenvalue weighted by Crippen LogP contribution is -2.53. The van der Waals surface area contributed by atoms with Crippen LogP contribution in [0.2, 0.25) is 5.02 Å². The van der Waals surface area contributed by atoms with Gasteiger partial charge in [0.25, 0.3) is 5.69 Å². The van der Waals surface area contributed by atoms with Crippen molar-refractivity contribution in [3.63, 3.8) is 0 Å². The topological polar surface area (TPSA) is 58.4 Å². The van der Waals surface area contributed by atoms with Crippen molar-refractivity contribution in [2.24, 2.45) is 0 Å². The first-order chi connectivity index (χ1) is 8.97. The molecule has 1 aromatic carbocycles. The SMILES string of the molecule is CC1CN(Cc2cc([N+](=O)[O-])ccc2Cl)C(C)CN1. The Hall–Kier alpha value is -1.17. The maximum Gasteiger partial charge on any atom is 0.269 e. The van der Waals surface area contributed by atoms with Crippen LogP contribution in [0.5, 0.6) is 0 Å². The molecule has 0 aromatic heterocycles. The zero-order chi connectivity index (χ0) is 14.0. The standard InChI is InChI=1S/C13H18ClN3O2/c1-9-7-16(10(2)6-15-9)8-11-5-12(17(18)19)3-4-13(11)14/h3-5,9-10,15H,6-8H2,1-2H3. The summed E-state index contributed by atoms with van der Waals surface area (Å²) in [6, 6.07) is 5.43. The Morgan fingerprint density at radius 3 is 2.95 bits per heavy atom. The molecule has 0 amide bonds. The van der Waals surface area contributed by atoms with Gasteiger partial charge in [-0.25, -0.2) is 0 Å². The Labute approximate surface area is 117 Å². The van der Waals surface area contributed by atoms with Crippen molar-refractivity contribution in [2.75, 3.05) is 13.1 Å². The predicted molar refractivity (Wildman–Crippen MR) is 75.4 cm³/mol. The summed E-state index contributed by atoms with van der Waals surface area (Å²) in [6.07, 6.45) is 0. The third-order valence-electron chi connectivity index (χ3n) is 3.51. The lowest BCUT2D eigenvalue weighted by Gasteiger charge is -2.37. The van der Waals surface area contributed by atoms with E-state index in [0.29, 0.717) is 23.7 Å². The van der Waals surface area contributed by atoms with E-state index in [1.54, 1.807) is 12.1 Å². The predicted octanol–water partition coefficient (Wildman–Crippen LogP) is 2.43. The number of nitrogens with zero attached hydrogens (tertiary/aromatic N) is 2. The molecular weight excluding hydrogens is 266 g/mol. The molecule has 2 unspecified atom stereocenters. The van der Waals surface area contributed by atoms with E-state index >= 15 is 0 Å². The normalized spacial score (nSPS) is 24.4. The second-order valence-electron chi connectivity index (χ2n) is 5.12. The van der Waals surface area contributed by atoms with Gasteiger partial charge in [0.2, 0.25) is 0 Å². The molecule has 0 spiro atoms. The molecule has 1 aliphatic rings. The summed E-state index contributed by atoms with van der Waals surface area (Å²) in [4.78, 5) is 12.7. The lowest BCUT2D eigenvalue weighted by atomic mass is 10.1. The molecule has 0 aliphatic carbocycles. The van der Waals surface area contributed by atoms with E-state index in [-0.39, 0.29) is 10.6 Å². The summed E-state index contributed by atoms with van der Waals surface area (Å²) in [5.74, 6) is 0. The molecular formula is C13H18ClN3O2. The van der Waals surface area contributed by atoms with Gasteiger partial charge in [-0.3, -0.25) is 15.0 Å². The fourth-order valence-electron chi connectivity index (χ4n) is 2.33. The van der Waals surface area contributed by atoms with Crippen molar-refractivity contribution in [3.8, 4) is 0 Å². The van der Waals surface area contributed by atoms with E-state index in [2.05, 4.69) is 24.1 Å². The average Bonchev–Trinajstić information content (AvgIpc) is 2.36. The monoisotopic (exact) mass is 283 g/mol. The number of piperazine rings is 1. The van der Waals surface area contributed by atoms with Crippen LogP contribution in [0.15, 0.2) is 18.2 Å². The Bertz CT molecular complexity index is 481. The van der Waals surface area contributed by atoms with Crippen LogP contribution in [-0.2, 0) is 6.54 Å². The van der Waals surface area contributed by atoms with Crippen LogP contribution in [0.4, 0.5) is 5.69 Å². The molecule has 1 N–H and O–H groups in total. The fraction of sp³-hybridized carbons (Fsp3) is 0.538. The van der Waals surface area contributed by atoms with Crippen LogP contribution in [0.25, 0.3) is 0 Å². The molecule has 19 heavy (non-hydrogen) atoms. The highest BCUT2D eigenvalue weighted by Crippen LogP contribution is 2.24. The summed E-state index contributed by atoms with van der Waals surface area (Å²) in [7, 11) is 0. The first-order valence-corrected chi connectivity index (χ1v) is 6.75. The quantitative estimate of drug-likeness (QED) is 0.684. The van der Waals surface area contributed by atoms with Crippen LogP contribution >= 0.6 is 11.6 Å². The second-order valence-corrected chi connectivity index (χ2v) is 5.53. The summed E-state index contributed by atoms with van der Waals surface area (Å²) in [5, 5.41) is 14.8. The third-order valence-corrected chi connectivity index (χ3v) is 3.88. The van der Waals surface area contributed by atoms with Crippen LogP contribution in [0.3, 0.4) is 0 Å². The molecule has 0 radical (unpaired) electrons. The molecule has 2 rings (SSSR count). The van der Waals surface area contributed by atoms with E-state index in [9.17, 15) is 10.1 Å². The van der Waals surface area contributed by atoms with E-state index in [1.807, 2.05) is 0 Å². The number of benzene rings is 1. The van der Waals surface area contributed by atoms with Crippen LogP contribution in [0.1, 0.15) is 19.4 Å². The highest BCUT2D eigenvalue weighted by Gasteiger charge is 2.23.